The van der Waals surface area contributed by atoms with Gasteiger partial charge >= 0.3 is 0 Å². The van der Waals surface area contributed by atoms with Crippen LogP contribution in [0.4, 0.5) is 0 Å². The quantitative estimate of drug-likeness (QED) is 0.852. The van der Waals surface area contributed by atoms with E-state index in [1.54, 1.807) is 18.6 Å². The first-order valence-corrected chi connectivity index (χ1v) is 5.49. The van der Waals surface area contributed by atoms with E-state index in [-0.39, 0.29) is 0 Å². The highest BCUT2D eigenvalue weighted by molar-refractivity contribution is 5.36. The lowest BCUT2D eigenvalue weighted by molar-refractivity contribution is 0.217. The van der Waals surface area contributed by atoms with Gasteiger partial charge in [0, 0.05) is 5.56 Å². The van der Waals surface area contributed by atoms with Crippen LogP contribution in [0.2, 0.25) is 0 Å². The first-order valence-electron chi connectivity index (χ1n) is 5.49. The fraction of sp³-hybridized carbons (Fsp3) is 0.286. The third-order valence-corrected chi connectivity index (χ3v) is 2.77. The van der Waals surface area contributed by atoms with Crippen LogP contribution in [0.1, 0.15) is 42.6 Å². The van der Waals surface area contributed by atoms with Gasteiger partial charge in [0.15, 0.2) is 0 Å². The predicted octanol–water partition coefficient (Wildman–Crippen LogP) is 3.48. The van der Waals surface area contributed by atoms with Crippen molar-refractivity contribution in [2.24, 2.45) is 0 Å². The van der Waals surface area contributed by atoms with Gasteiger partial charge in [0.05, 0.1) is 12.5 Å². The molecule has 1 N–H and O–H groups in total. The van der Waals surface area contributed by atoms with Crippen LogP contribution in [-0.4, -0.2) is 5.11 Å². The van der Waals surface area contributed by atoms with E-state index >= 15 is 0 Å². The Morgan fingerprint density at radius 3 is 2.31 bits per heavy atom. The molecule has 0 amide bonds. The van der Waals surface area contributed by atoms with Crippen LogP contribution in [0.5, 0.6) is 0 Å². The molecule has 2 nitrogen and oxygen atoms in total. The largest absolute Gasteiger partial charge is 0.472 e. The highest BCUT2D eigenvalue weighted by atomic mass is 16.3. The Bertz CT molecular complexity index is 444. The molecule has 0 unspecified atom stereocenters. The molecular formula is C14H16O2. The van der Waals surface area contributed by atoms with Crippen LogP contribution in [0.3, 0.4) is 0 Å². The van der Waals surface area contributed by atoms with E-state index in [9.17, 15) is 5.11 Å². The lowest BCUT2D eigenvalue weighted by atomic mass is 9.92. The summed E-state index contributed by atoms with van der Waals surface area (Å²) in [4.78, 5) is 0. The molecule has 0 saturated heterocycles. The Labute approximate surface area is 95.5 Å². The summed E-state index contributed by atoms with van der Waals surface area (Å²) >= 11 is 0. The molecule has 0 spiro atoms. The Morgan fingerprint density at radius 2 is 1.75 bits per heavy atom. The van der Waals surface area contributed by atoms with Crippen molar-refractivity contribution in [1.82, 2.24) is 0 Å². The Kier molecular flexibility index (Phi) is 3.11. The summed E-state index contributed by atoms with van der Waals surface area (Å²) in [6.07, 6.45) is 2.57. The van der Waals surface area contributed by atoms with Crippen molar-refractivity contribution in [2.45, 2.75) is 25.9 Å². The van der Waals surface area contributed by atoms with Crippen molar-refractivity contribution in [3.8, 4) is 0 Å². The SMILES string of the molecule is CC(C)c1ccccc1[C@@H](O)c1ccoc1. The van der Waals surface area contributed by atoms with Crippen LogP contribution in [-0.2, 0) is 0 Å². The molecule has 0 radical (unpaired) electrons. The standard InChI is InChI=1S/C14H16O2/c1-10(2)12-5-3-4-6-13(12)14(15)11-7-8-16-9-11/h3-10,14-15H,1-2H3/t14-/m0/s1. The lowest BCUT2D eigenvalue weighted by Crippen LogP contribution is -2.03. The van der Waals surface area contributed by atoms with Crippen molar-refractivity contribution in [2.75, 3.05) is 0 Å². The topological polar surface area (TPSA) is 33.4 Å². The number of benzene rings is 1. The van der Waals surface area contributed by atoms with E-state index < -0.39 is 6.10 Å². The van der Waals surface area contributed by atoms with Crippen LogP contribution in [0.25, 0.3) is 0 Å². The van der Waals surface area contributed by atoms with E-state index in [0.717, 1.165) is 11.1 Å². The maximum Gasteiger partial charge on any atom is 0.107 e. The summed E-state index contributed by atoms with van der Waals surface area (Å²) in [5.74, 6) is 0.401. The van der Waals surface area contributed by atoms with Gasteiger partial charge in [-0.15, -0.1) is 0 Å². The van der Waals surface area contributed by atoms with Gasteiger partial charge in [-0.2, -0.15) is 0 Å². The molecule has 1 aromatic carbocycles. The van der Waals surface area contributed by atoms with Crippen molar-refractivity contribution in [3.05, 3.63) is 59.5 Å². The van der Waals surface area contributed by atoms with Crippen LogP contribution < -0.4 is 0 Å². The van der Waals surface area contributed by atoms with E-state index in [4.69, 9.17) is 4.42 Å². The maximum absolute atomic E-state index is 10.3. The molecule has 2 heteroatoms. The molecule has 0 aliphatic rings. The lowest BCUT2D eigenvalue weighted by Gasteiger charge is -2.16. The van der Waals surface area contributed by atoms with Gasteiger partial charge in [0.25, 0.3) is 0 Å². The van der Waals surface area contributed by atoms with Crippen molar-refractivity contribution in [3.63, 3.8) is 0 Å². The molecule has 1 heterocycles. The van der Waals surface area contributed by atoms with Crippen LogP contribution >= 0.6 is 0 Å². The minimum Gasteiger partial charge on any atom is -0.472 e. The zero-order chi connectivity index (χ0) is 11.5. The highest BCUT2D eigenvalue weighted by Crippen LogP contribution is 2.29. The molecule has 0 aliphatic heterocycles. The molecule has 16 heavy (non-hydrogen) atoms. The normalized spacial score (nSPS) is 13.0. The third kappa shape index (κ3) is 2.02. The summed E-state index contributed by atoms with van der Waals surface area (Å²) < 4.78 is 5.00. The molecule has 1 aromatic heterocycles. The van der Waals surface area contributed by atoms with Gasteiger partial charge in [-0.25, -0.2) is 0 Å². The summed E-state index contributed by atoms with van der Waals surface area (Å²) in [6.45, 7) is 4.25. The molecule has 0 bridgehead atoms. The van der Waals surface area contributed by atoms with Gasteiger partial charge in [-0.1, -0.05) is 38.1 Å². The monoisotopic (exact) mass is 216 g/mol. The van der Waals surface area contributed by atoms with Gasteiger partial charge in [-0.3, -0.25) is 0 Å². The fourth-order valence-corrected chi connectivity index (χ4v) is 1.90. The number of aliphatic hydroxyl groups is 1. The van der Waals surface area contributed by atoms with Crippen molar-refractivity contribution in [1.29, 1.82) is 0 Å². The molecule has 0 fully saturated rings. The first kappa shape index (κ1) is 11.0. The van der Waals surface area contributed by atoms with E-state index in [1.165, 1.54) is 5.56 Å². The number of aliphatic hydroxyl groups excluding tert-OH is 1. The van der Waals surface area contributed by atoms with Crippen molar-refractivity contribution >= 4 is 0 Å². The van der Waals surface area contributed by atoms with E-state index in [0.29, 0.717) is 5.92 Å². The van der Waals surface area contributed by atoms with E-state index in [1.807, 2.05) is 18.2 Å². The average molecular weight is 216 g/mol. The summed E-state index contributed by atoms with van der Waals surface area (Å²) in [5, 5.41) is 10.3. The van der Waals surface area contributed by atoms with Gasteiger partial charge < -0.3 is 9.52 Å². The average Bonchev–Trinajstić information content (AvgIpc) is 2.81. The Hall–Kier alpha value is -1.54. The highest BCUT2D eigenvalue weighted by Gasteiger charge is 2.16. The minimum atomic E-state index is -0.600. The second-order valence-electron chi connectivity index (χ2n) is 4.24. The summed E-state index contributed by atoms with van der Waals surface area (Å²) in [7, 11) is 0. The van der Waals surface area contributed by atoms with Crippen LogP contribution in [0.15, 0.2) is 47.3 Å². The smallest absolute Gasteiger partial charge is 0.107 e. The van der Waals surface area contributed by atoms with Gasteiger partial charge in [0.1, 0.15) is 6.10 Å². The second-order valence-corrected chi connectivity index (χ2v) is 4.24. The number of furan rings is 1. The zero-order valence-electron chi connectivity index (χ0n) is 9.55. The van der Waals surface area contributed by atoms with Crippen molar-refractivity contribution < 1.29 is 9.52 Å². The molecule has 2 rings (SSSR count). The fourth-order valence-electron chi connectivity index (χ4n) is 1.90. The molecule has 84 valence electrons. The molecule has 0 aliphatic carbocycles. The first-order chi connectivity index (χ1) is 7.70. The van der Waals surface area contributed by atoms with Crippen LogP contribution in [0, 0.1) is 0 Å². The molecule has 0 saturated carbocycles. The third-order valence-electron chi connectivity index (χ3n) is 2.77. The maximum atomic E-state index is 10.3. The second kappa shape index (κ2) is 4.54. The number of rotatable bonds is 3. The molecular weight excluding hydrogens is 200 g/mol. The summed E-state index contributed by atoms with van der Waals surface area (Å²) in [5.41, 5.74) is 2.93. The Balaban J connectivity index is 2.40. The van der Waals surface area contributed by atoms with Gasteiger partial charge in [0.2, 0.25) is 0 Å². The Morgan fingerprint density at radius 1 is 1.06 bits per heavy atom. The molecule has 1 atom stereocenters. The predicted molar refractivity (Wildman–Crippen MR) is 63.3 cm³/mol. The number of hydrogen-bond donors (Lipinski definition) is 1. The molecule has 2 aromatic rings. The summed E-state index contributed by atoms with van der Waals surface area (Å²) in [6, 6.07) is 9.77. The van der Waals surface area contributed by atoms with Gasteiger partial charge in [-0.05, 0) is 23.1 Å². The zero-order valence-corrected chi connectivity index (χ0v) is 9.55. The van der Waals surface area contributed by atoms with E-state index in [2.05, 4.69) is 19.9 Å². The minimum absolute atomic E-state index is 0.401. The number of hydrogen-bond acceptors (Lipinski definition) is 2.